The van der Waals surface area contributed by atoms with E-state index in [9.17, 15) is 10.2 Å². The first kappa shape index (κ1) is 16.9. The minimum Gasteiger partial charge on any atom is -0.491 e. The molecule has 0 aliphatic carbocycles. The van der Waals surface area contributed by atoms with E-state index >= 15 is 0 Å². The quantitative estimate of drug-likeness (QED) is 0.633. The molecule has 1 aromatic carbocycles. The maximum atomic E-state index is 9.74. The number of aliphatic hydroxyl groups is 2. The number of hydrogen-bond donors (Lipinski definition) is 3. The highest BCUT2D eigenvalue weighted by molar-refractivity contribution is 5.28. The summed E-state index contributed by atoms with van der Waals surface area (Å²) in [6, 6.07) is 7.47. The Labute approximate surface area is 120 Å². The van der Waals surface area contributed by atoms with E-state index in [2.05, 4.69) is 5.32 Å². The minimum atomic E-state index is -0.630. The third-order valence-electron chi connectivity index (χ3n) is 2.79. The molecule has 0 aliphatic rings. The number of nitrogens with one attached hydrogen (secondary N) is 1. The van der Waals surface area contributed by atoms with Gasteiger partial charge >= 0.3 is 0 Å². The summed E-state index contributed by atoms with van der Waals surface area (Å²) in [6.07, 6.45) is -1.17. The summed E-state index contributed by atoms with van der Waals surface area (Å²) in [4.78, 5) is 0. The summed E-state index contributed by atoms with van der Waals surface area (Å²) in [5.41, 5.74) is 0.779. The van der Waals surface area contributed by atoms with Crippen LogP contribution in [-0.4, -0.2) is 49.2 Å². The molecule has 5 heteroatoms. The van der Waals surface area contributed by atoms with Crippen LogP contribution in [0.1, 0.15) is 25.5 Å². The SMILES string of the molecule is COC[C@@H](O)c1ccc(OC[C@H](O)CNC(C)C)cc1. The Kier molecular flexibility index (Phi) is 7.54. The Morgan fingerprint density at radius 3 is 2.30 bits per heavy atom. The molecular formula is C15H25NO4. The molecule has 2 atom stereocenters. The van der Waals surface area contributed by atoms with Crippen molar-refractivity contribution in [1.29, 1.82) is 0 Å². The highest BCUT2D eigenvalue weighted by Crippen LogP contribution is 2.18. The van der Waals surface area contributed by atoms with Crippen molar-refractivity contribution >= 4 is 0 Å². The van der Waals surface area contributed by atoms with Gasteiger partial charge in [0.15, 0.2) is 0 Å². The molecule has 0 aliphatic heterocycles. The monoisotopic (exact) mass is 283 g/mol. The van der Waals surface area contributed by atoms with E-state index in [1.807, 2.05) is 13.8 Å². The second kappa shape index (κ2) is 8.92. The molecule has 0 amide bonds. The Bertz CT molecular complexity index is 367. The van der Waals surface area contributed by atoms with E-state index in [1.54, 1.807) is 31.4 Å². The molecule has 0 saturated heterocycles. The lowest BCUT2D eigenvalue weighted by molar-refractivity contribution is 0.0643. The van der Waals surface area contributed by atoms with Crippen molar-refractivity contribution in [3.05, 3.63) is 29.8 Å². The lowest BCUT2D eigenvalue weighted by Gasteiger charge is -2.15. The molecular weight excluding hydrogens is 258 g/mol. The summed E-state index contributed by atoms with van der Waals surface area (Å²) < 4.78 is 10.4. The molecule has 1 aromatic rings. The predicted molar refractivity (Wildman–Crippen MR) is 77.9 cm³/mol. The van der Waals surface area contributed by atoms with Crippen molar-refractivity contribution < 1.29 is 19.7 Å². The zero-order valence-electron chi connectivity index (χ0n) is 12.4. The zero-order valence-corrected chi connectivity index (χ0v) is 12.4. The molecule has 0 radical (unpaired) electrons. The molecule has 3 N–H and O–H groups in total. The summed E-state index contributed by atoms with van der Waals surface area (Å²) >= 11 is 0. The van der Waals surface area contributed by atoms with E-state index < -0.39 is 12.2 Å². The Balaban J connectivity index is 2.37. The lowest BCUT2D eigenvalue weighted by atomic mass is 10.1. The van der Waals surface area contributed by atoms with Gasteiger partial charge in [-0.15, -0.1) is 0 Å². The van der Waals surface area contributed by atoms with Crippen LogP contribution in [0.3, 0.4) is 0 Å². The van der Waals surface area contributed by atoms with Gasteiger partial charge in [0.25, 0.3) is 0 Å². The minimum absolute atomic E-state index is 0.236. The van der Waals surface area contributed by atoms with Crippen molar-refractivity contribution in [2.24, 2.45) is 0 Å². The van der Waals surface area contributed by atoms with E-state index in [0.29, 0.717) is 18.3 Å². The number of methoxy groups -OCH3 is 1. The van der Waals surface area contributed by atoms with Crippen LogP contribution in [0.25, 0.3) is 0 Å². The first-order valence-corrected chi connectivity index (χ1v) is 6.84. The fourth-order valence-electron chi connectivity index (χ4n) is 1.66. The van der Waals surface area contributed by atoms with Crippen molar-refractivity contribution in [3.8, 4) is 5.75 Å². The molecule has 20 heavy (non-hydrogen) atoms. The van der Waals surface area contributed by atoms with Crippen molar-refractivity contribution in [2.45, 2.75) is 32.1 Å². The normalized spacial score (nSPS) is 14.3. The van der Waals surface area contributed by atoms with Gasteiger partial charge in [-0.3, -0.25) is 0 Å². The van der Waals surface area contributed by atoms with Gasteiger partial charge in [-0.05, 0) is 17.7 Å². The topological polar surface area (TPSA) is 71.0 Å². The fourth-order valence-corrected chi connectivity index (χ4v) is 1.66. The predicted octanol–water partition coefficient (Wildman–Crippen LogP) is 1.10. The highest BCUT2D eigenvalue weighted by Gasteiger charge is 2.08. The molecule has 0 unspecified atom stereocenters. The van der Waals surface area contributed by atoms with Crippen molar-refractivity contribution in [3.63, 3.8) is 0 Å². The molecule has 0 spiro atoms. The van der Waals surface area contributed by atoms with Crippen LogP contribution in [0.15, 0.2) is 24.3 Å². The average molecular weight is 283 g/mol. The van der Waals surface area contributed by atoms with E-state index in [1.165, 1.54) is 0 Å². The molecule has 0 heterocycles. The van der Waals surface area contributed by atoms with E-state index in [-0.39, 0.29) is 13.2 Å². The van der Waals surface area contributed by atoms with Crippen molar-refractivity contribution in [1.82, 2.24) is 5.32 Å². The Morgan fingerprint density at radius 1 is 1.10 bits per heavy atom. The zero-order chi connectivity index (χ0) is 15.0. The van der Waals surface area contributed by atoms with Crippen LogP contribution in [0.4, 0.5) is 0 Å². The molecule has 0 saturated carbocycles. The van der Waals surface area contributed by atoms with Crippen LogP contribution in [0, 0.1) is 0 Å². The van der Waals surface area contributed by atoms with Gasteiger partial charge in [-0.1, -0.05) is 26.0 Å². The van der Waals surface area contributed by atoms with Crippen LogP contribution in [0.5, 0.6) is 5.75 Å². The first-order chi connectivity index (χ1) is 9.52. The number of benzene rings is 1. The molecule has 0 fully saturated rings. The van der Waals surface area contributed by atoms with Gasteiger partial charge in [0.2, 0.25) is 0 Å². The van der Waals surface area contributed by atoms with Crippen LogP contribution in [0.2, 0.25) is 0 Å². The van der Waals surface area contributed by atoms with Gasteiger partial charge in [0.1, 0.15) is 24.6 Å². The third-order valence-corrected chi connectivity index (χ3v) is 2.79. The summed E-state index contributed by atoms with van der Waals surface area (Å²) in [7, 11) is 1.55. The molecule has 0 aromatic heterocycles. The Hall–Kier alpha value is -1.14. The first-order valence-electron chi connectivity index (χ1n) is 6.84. The number of rotatable bonds is 9. The smallest absolute Gasteiger partial charge is 0.119 e. The maximum Gasteiger partial charge on any atom is 0.119 e. The van der Waals surface area contributed by atoms with Gasteiger partial charge in [-0.25, -0.2) is 0 Å². The molecule has 5 nitrogen and oxygen atoms in total. The van der Waals surface area contributed by atoms with Gasteiger partial charge < -0.3 is 25.0 Å². The molecule has 114 valence electrons. The fraction of sp³-hybridized carbons (Fsp3) is 0.600. The second-order valence-corrected chi connectivity index (χ2v) is 5.07. The second-order valence-electron chi connectivity index (χ2n) is 5.07. The summed E-state index contributed by atoms with van der Waals surface area (Å²) in [6.45, 7) is 5.05. The van der Waals surface area contributed by atoms with Crippen LogP contribution in [-0.2, 0) is 4.74 Å². The third kappa shape index (κ3) is 6.34. The number of hydrogen-bond acceptors (Lipinski definition) is 5. The largest absolute Gasteiger partial charge is 0.491 e. The van der Waals surface area contributed by atoms with Gasteiger partial charge in [0, 0.05) is 19.7 Å². The summed E-state index contributed by atoms with van der Waals surface area (Å²) in [5, 5.41) is 22.6. The number of ether oxygens (including phenoxy) is 2. The van der Waals surface area contributed by atoms with Crippen molar-refractivity contribution in [2.75, 3.05) is 26.9 Å². The van der Waals surface area contributed by atoms with E-state index in [0.717, 1.165) is 5.56 Å². The van der Waals surface area contributed by atoms with Crippen LogP contribution >= 0.6 is 0 Å². The lowest BCUT2D eigenvalue weighted by Crippen LogP contribution is -2.35. The van der Waals surface area contributed by atoms with Gasteiger partial charge in [0.05, 0.1) is 6.61 Å². The average Bonchev–Trinajstić information content (AvgIpc) is 2.43. The molecule has 0 bridgehead atoms. The van der Waals surface area contributed by atoms with Gasteiger partial charge in [-0.2, -0.15) is 0 Å². The molecule has 1 rings (SSSR count). The van der Waals surface area contributed by atoms with E-state index in [4.69, 9.17) is 9.47 Å². The standard InChI is InChI=1S/C15H25NO4/c1-11(2)16-8-13(17)9-20-14-6-4-12(5-7-14)15(18)10-19-3/h4-7,11,13,15-18H,8-10H2,1-3H3/t13-,15-/m1/s1. The maximum absolute atomic E-state index is 9.74. The Morgan fingerprint density at radius 2 is 1.75 bits per heavy atom. The van der Waals surface area contributed by atoms with Crippen LogP contribution < -0.4 is 10.1 Å². The number of aliphatic hydroxyl groups excluding tert-OH is 2. The highest BCUT2D eigenvalue weighted by atomic mass is 16.5. The summed E-state index contributed by atoms with van der Waals surface area (Å²) in [5.74, 6) is 0.668.